The highest BCUT2D eigenvalue weighted by Crippen LogP contribution is 2.33. The number of rotatable bonds is 2. The smallest absolute Gasteiger partial charge is 0.339 e. The first-order chi connectivity index (χ1) is 7.50. The standard InChI is InChI=1S/C12H12O4/c1-6(2)10-5-8-9(16-10)4-3-7(11(8)13)12(14)15/h3-6,13H,1-2H3,(H,14,15). The van der Waals surface area contributed by atoms with Gasteiger partial charge in [0.05, 0.1) is 5.39 Å². The number of furan rings is 1. The third kappa shape index (κ3) is 1.52. The third-order valence-electron chi connectivity index (χ3n) is 2.49. The number of hydrogen-bond donors (Lipinski definition) is 2. The highest BCUT2D eigenvalue weighted by atomic mass is 16.4. The maximum atomic E-state index is 10.8. The number of benzene rings is 1. The molecule has 0 radical (unpaired) electrons. The summed E-state index contributed by atoms with van der Waals surface area (Å²) >= 11 is 0. The molecule has 1 aromatic heterocycles. The zero-order valence-electron chi connectivity index (χ0n) is 9.02. The summed E-state index contributed by atoms with van der Waals surface area (Å²) in [6.45, 7) is 3.93. The second-order valence-electron chi connectivity index (χ2n) is 3.98. The number of carboxylic acids is 1. The third-order valence-corrected chi connectivity index (χ3v) is 2.49. The van der Waals surface area contributed by atoms with Crippen LogP contribution in [0.25, 0.3) is 11.0 Å². The Bertz CT molecular complexity index is 551. The molecular formula is C12H12O4. The summed E-state index contributed by atoms with van der Waals surface area (Å²) in [5.41, 5.74) is 0.398. The molecule has 4 heteroatoms. The van der Waals surface area contributed by atoms with E-state index in [0.29, 0.717) is 11.0 Å². The number of aromatic carboxylic acids is 1. The molecule has 0 unspecified atom stereocenters. The number of phenols is 1. The first kappa shape index (κ1) is 10.5. The van der Waals surface area contributed by atoms with Gasteiger partial charge >= 0.3 is 5.97 Å². The van der Waals surface area contributed by atoms with Crippen molar-refractivity contribution >= 4 is 16.9 Å². The Labute approximate surface area is 92.1 Å². The van der Waals surface area contributed by atoms with Gasteiger partial charge in [-0.15, -0.1) is 0 Å². The van der Waals surface area contributed by atoms with E-state index in [1.807, 2.05) is 13.8 Å². The number of aromatic hydroxyl groups is 1. The predicted molar refractivity (Wildman–Crippen MR) is 58.9 cm³/mol. The lowest BCUT2D eigenvalue weighted by atomic mass is 10.1. The molecule has 16 heavy (non-hydrogen) atoms. The Morgan fingerprint density at radius 1 is 1.38 bits per heavy atom. The molecule has 84 valence electrons. The van der Waals surface area contributed by atoms with Crippen LogP contribution in [-0.2, 0) is 0 Å². The Kier molecular flexibility index (Phi) is 2.34. The fourth-order valence-electron chi connectivity index (χ4n) is 1.57. The second-order valence-corrected chi connectivity index (χ2v) is 3.98. The van der Waals surface area contributed by atoms with E-state index in [4.69, 9.17) is 9.52 Å². The molecule has 1 heterocycles. The van der Waals surface area contributed by atoms with E-state index in [0.717, 1.165) is 5.76 Å². The fraction of sp³-hybridized carbons (Fsp3) is 0.250. The normalized spacial score (nSPS) is 11.2. The van der Waals surface area contributed by atoms with E-state index < -0.39 is 5.97 Å². The van der Waals surface area contributed by atoms with Gasteiger partial charge in [-0.3, -0.25) is 0 Å². The molecule has 0 aliphatic heterocycles. The number of carboxylic acid groups (broad SMARTS) is 1. The molecule has 4 nitrogen and oxygen atoms in total. The zero-order valence-corrected chi connectivity index (χ0v) is 9.02. The van der Waals surface area contributed by atoms with Gasteiger partial charge in [0.2, 0.25) is 0 Å². The summed E-state index contributed by atoms with van der Waals surface area (Å²) in [6.07, 6.45) is 0. The van der Waals surface area contributed by atoms with Gasteiger partial charge in [-0.05, 0) is 18.2 Å². The predicted octanol–water partition coefficient (Wildman–Crippen LogP) is 2.96. The molecule has 0 aliphatic rings. The summed E-state index contributed by atoms with van der Waals surface area (Å²) in [7, 11) is 0. The maximum absolute atomic E-state index is 10.8. The summed E-state index contributed by atoms with van der Waals surface area (Å²) in [4.78, 5) is 10.8. The summed E-state index contributed by atoms with van der Waals surface area (Å²) in [5, 5.41) is 19.1. The Hall–Kier alpha value is -1.97. The average molecular weight is 220 g/mol. The topological polar surface area (TPSA) is 70.7 Å². The molecule has 0 bridgehead atoms. The molecule has 0 aliphatic carbocycles. The highest BCUT2D eigenvalue weighted by molar-refractivity contribution is 5.99. The van der Waals surface area contributed by atoms with Crippen LogP contribution in [-0.4, -0.2) is 16.2 Å². The zero-order chi connectivity index (χ0) is 11.9. The van der Waals surface area contributed by atoms with Crippen molar-refractivity contribution < 1.29 is 19.4 Å². The monoisotopic (exact) mass is 220 g/mol. The van der Waals surface area contributed by atoms with Crippen molar-refractivity contribution in [3.8, 4) is 5.75 Å². The molecule has 0 spiro atoms. The minimum absolute atomic E-state index is 0.108. The summed E-state index contributed by atoms with van der Waals surface area (Å²) in [5.74, 6) is -0.458. The van der Waals surface area contributed by atoms with Crippen molar-refractivity contribution in [2.45, 2.75) is 19.8 Å². The lowest BCUT2D eigenvalue weighted by Gasteiger charge is -1.98. The summed E-state index contributed by atoms with van der Waals surface area (Å²) in [6, 6.07) is 4.58. The van der Waals surface area contributed by atoms with Crippen LogP contribution in [0.5, 0.6) is 5.75 Å². The molecule has 0 saturated heterocycles. The van der Waals surface area contributed by atoms with Crippen LogP contribution in [0.4, 0.5) is 0 Å². The van der Waals surface area contributed by atoms with Crippen molar-refractivity contribution in [2.75, 3.05) is 0 Å². The minimum Gasteiger partial charge on any atom is -0.506 e. The van der Waals surface area contributed by atoms with Gasteiger partial charge in [0.1, 0.15) is 22.7 Å². The summed E-state index contributed by atoms with van der Waals surface area (Å²) < 4.78 is 5.49. The Morgan fingerprint density at radius 3 is 2.62 bits per heavy atom. The van der Waals surface area contributed by atoms with Crippen LogP contribution >= 0.6 is 0 Å². The van der Waals surface area contributed by atoms with Crippen LogP contribution in [0.15, 0.2) is 22.6 Å². The van der Waals surface area contributed by atoms with Gasteiger partial charge in [-0.2, -0.15) is 0 Å². The van der Waals surface area contributed by atoms with Crippen molar-refractivity contribution in [3.05, 3.63) is 29.5 Å². The molecule has 0 atom stereocenters. The lowest BCUT2D eigenvalue weighted by molar-refractivity contribution is 0.0694. The fourth-order valence-corrected chi connectivity index (χ4v) is 1.57. The van der Waals surface area contributed by atoms with Crippen LogP contribution in [0.1, 0.15) is 35.9 Å². The van der Waals surface area contributed by atoms with Gasteiger partial charge < -0.3 is 14.6 Å². The largest absolute Gasteiger partial charge is 0.506 e. The van der Waals surface area contributed by atoms with Crippen LogP contribution in [0.3, 0.4) is 0 Å². The first-order valence-corrected chi connectivity index (χ1v) is 4.99. The Balaban J connectivity index is 2.69. The van der Waals surface area contributed by atoms with Gasteiger partial charge in [-0.1, -0.05) is 13.8 Å². The molecule has 1 aromatic carbocycles. The molecule has 0 fully saturated rings. The van der Waals surface area contributed by atoms with Gasteiger partial charge in [0, 0.05) is 5.92 Å². The highest BCUT2D eigenvalue weighted by Gasteiger charge is 2.16. The quantitative estimate of drug-likeness (QED) is 0.816. The van der Waals surface area contributed by atoms with E-state index in [9.17, 15) is 9.90 Å². The minimum atomic E-state index is -1.15. The van der Waals surface area contributed by atoms with Crippen molar-refractivity contribution in [1.29, 1.82) is 0 Å². The molecule has 2 N–H and O–H groups in total. The molecule has 2 aromatic rings. The van der Waals surface area contributed by atoms with Crippen LogP contribution in [0.2, 0.25) is 0 Å². The van der Waals surface area contributed by atoms with Crippen molar-refractivity contribution in [3.63, 3.8) is 0 Å². The van der Waals surface area contributed by atoms with Crippen LogP contribution < -0.4 is 0 Å². The van der Waals surface area contributed by atoms with Gasteiger partial charge in [0.15, 0.2) is 0 Å². The number of carbonyl (C=O) groups is 1. The van der Waals surface area contributed by atoms with E-state index in [-0.39, 0.29) is 17.2 Å². The molecule has 0 saturated carbocycles. The number of hydrogen-bond acceptors (Lipinski definition) is 3. The first-order valence-electron chi connectivity index (χ1n) is 4.99. The molecule has 0 amide bonds. The second kappa shape index (κ2) is 3.56. The average Bonchev–Trinajstić information content (AvgIpc) is 2.62. The van der Waals surface area contributed by atoms with E-state index in [2.05, 4.69) is 0 Å². The van der Waals surface area contributed by atoms with E-state index >= 15 is 0 Å². The molecule has 2 rings (SSSR count). The van der Waals surface area contributed by atoms with Gasteiger partial charge in [0.25, 0.3) is 0 Å². The van der Waals surface area contributed by atoms with E-state index in [1.54, 1.807) is 12.1 Å². The maximum Gasteiger partial charge on any atom is 0.339 e. The van der Waals surface area contributed by atoms with Gasteiger partial charge in [-0.25, -0.2) is 4.79 Å². The van der Waals surface area contributed by atoms with Crippen LogP contribution in [0, 0.1) is 0 Å². The number of fused-ring (bicyclic) bond motifs is 1. The Morgan fingerprint density at radius 2 is 2.06 bits per heavy atom. The SMILES string of the molecule is CC(C)c1cc2c(O)c(C(=O)O)ccc2o1. The van der Waals surface area contributed by atoms with E-state index in [1.165, 1.54) is 6.07 Å². The van der Waals surface area contributed by atoms with Crippen molar-refractivity contribution in [1.82, 2.24) is 0 Å². The molecular weight excluding hydrogens is 208 g/mol. The van der Waals surface area contributed by atoms with Crippen molar-refractivity contribution in [2.24, 2.45) is 0 Å². The lowest BCUT2D eigenvalue weighted by Crippen LogP contribution is -1.95.